The maximum Gasteiger partial charge on any atom is 0.243 e. The van der Waals surface area contributed by atoms with Crippen molar-refractivity contribution < 1.29 is 9.59 Å². The molecule has 0 atom stereocenters. The highest BCUT2D eigenvalue weighted by Gasteiger charge is 2.34. The highest BCUT2D eigenvalue weighted by molar-refractivity contribution is 5.95. The maximum atomic E-state index is 12.6. The van der Waals surface area contributed by atoms with Gasteiger partial charge in [-0.05, 0) is 49.8 Å². The van der Waals surface area contributed by atoms with Gasteiger partial charge in [-0.15, -0.1) is 0 Å². The van der Waals surface area contributed by atoms with Gasteiger partial charge < -0.3 is 16.0 Å². The number of hydrogen-bond acceptors (Lipinski definition) is 3. The van der Waals surface area contributed by atoms with Crippen LogP contribution in [0.4, 0.5) is 5.69 Å². The van der Waals surface area contributed by atoms with Gasteiger partial charge in [0, 0.05) is 19.2 Å². The van der Waals surface area contributed by atoms with Crippen molar-refractivity contribution in [3.05, 3.63) is 29.3 Å². The molecule has 2 amide bonds. The van der Waals surface area contributed by atoms with Gasteiger partial charge in [-0.2, -0.15) is 0 Å². The Bertz CT molecular complexity index is 601. The molecule has 5 nitrogen and oxygen atoms in total. The fourth-order valence-corrected chi connectivity index (χ4v) is 3.70. The molecule has 0 heterocycles. The van der Waals surface area contributed by atoms with E-state index in [-0.39, 0.29) is 23.8 Å². The minimum Gasteiger partial charge on any atom is -0.336 e. The first kappa shape index (κ1) is 19.4. The molecule has 5 heteroatoms. The number of rotatable bonds is 6. The predicted molar refractivity (Wildman–Crippen MR) is 101 cm³/mol. The number of amides is 2. The molecule has 1 saturated carbocycles. The molecule has 0 aromatic heterocycles. The second-order valence-electron chi connectivity index (χ2n) is 7.51. The summed E-state index contributed by atoms with van der Waals surface area (Å²) in [5.41, 5.74) is 8.77. The third kappa shape index (κ3) is 5.05. The Balaban J connectivity index is 1.93. The topological polar surface area (TPSA) is 75.4 Å². The average Bonchev–Trinajstić information content (AvgIpc) is 2.59. The lowest BCUT2D eigenvalue weighted by molar-refractivity contribution is -0.135. The fraction of sp³-hybridized carbons (Fsp3) is 0.600. The number of hydrogen-bond donors (Lipinski definition) is 2. The van der Waals surface area contributed by atoms with Crippen molar-refractivity contribution in [3.8, 4) is 0 Å². The molecular weight excluding hydrogens is 314 g/mol. The van der Waals surface area contributed by atoms with Gasteiger partial charge in [0.1, 0.15) is 0 Å². The zero-order valence-electron chi connectivity index (χ0n) is 15.7. The van der Waals surface area contributed by atoms with E-state index in [1.54, 1.807) is 7.05 Å². The number of benzene rings is 1. The SMILES string of the molecule is Cc1cccc(C)c1NC(=O)CN(C)C(=O)CC1(CN)CCCCC1. The second-order valence-corrected chi connectivity index (χ2v) is 7.51. The lowest BCUT2D eigenvalue weighted by atomic mass is 9.71. The first-order chi connectivity index (χ1) is 11.9. The van der Waals surface area contributed by atoms with Crippen molar-refractivity contribution in [1.82, 2.24) is 4.90 Å². The van der Waals surface area contributed by atoms with Crippen LogP contribution in [0.15, 0.2) is 18.2 Å². The van der Waals surface area contributed by atoms with Gasteiger partial charge in [-0.25, -0.2) is 0 Å². The van der Waals surface area contributed by atoms with E-state index < -0.39 is 0 Å². The number of likely N-dealkylation sites (N-methyl/N-ethyl adjacent to an activating group) is 1. The lowest BCUT2D eigenvalue weighted by Crippen LogP contribution is -2.41. The van der Waals surface area contributed by atoms with Crippen molar-refractivity contribution >= 4 is 17.5 Å². The summed E-state index contributed by atoms with van der Waals surface area (Å²) >= 11 is 0. The molecule has 0 radical (unpaired) electrons. The van der Waals surface area contributed by atoms with E-state index in [1.165, 1.54) is 11.3 Å². The molecule has 1 aliphatic carbocycles. The Kier molecular flexibility index (Phi) is 6.59. The first-order valence-electron chi connectivity index (χ1n) is 9.17. The molecule has 138 valence electrons. The highest BCUT2D eigenvalue weighted by atomic mass is 16.2. The molecule has 0 spiro atoms. The van der Waals surface area contributed by atoms with Crippen molar-refractivity contribution in [2.24, 2.45) is 11.1 Å². The van der Waals surface area contributed by atoms with Crippen LogP contribution < -0.4 is 11.1 Å². The van der Waals surface area contributed by atoms with Crippen LogP contribution in [0.1, 0.15) is 49.7 Å². The van der Waals surface area contributed by atoms with Gasteiger partial charge in [0.05, 0.1) is 6.54 Å². The van der Waals surface area contributed by atoms with Crippen LogP contribution >= 0.6 is 0 Å². The molecule has 0 bridgehead atoms. The minimum atomic E-state index is -0.168. The van der Waals surface area contributed by atoms with Crippen LogP contribution in [0.25, 0.3) is 0 Å². The minimum absolute atomic E-state index is 0.00371. The van der Waals surface area contributed by atoms with E-state index >= 15 is 0 Å². The molecule has 3 N–H and O–H groups in total. The summed E-state index contributed by atoms with van der Waals surface area (Å²) in [4.78, 5) is 26.5. The summed E-state index contributed by atoms with van der Waals surface area (Å²) in [6.07, 6.45) is 5.97. The summed E-state index contributed by atoms with van der Waals surface area (Å²) in [6, 6.07) is 5.89. The van der Waals surface area contributed by atoms with Gasteiger partial charge >= 0.3 is 0 Å². The molecule has 0 aliphatic heterocycles. The van der Waals surface area contributed by atoms with Gasteiger partial charge in [0.25, 0.3) is 0 Å². The molecule has 1 fully saturated rings. The van der Waals surface area contributed by atoms with E-state index in [1.807, 2.05) is 32.0 Å². The number of nitrogens with zero attached hydrogens (tertiary/aromatic N) is 1. The number of aryl methyl sites for hydroxylation is 2. The Hall–Kier alpha value is -1.88. The molecule has 0 unspecified atom stereocenters. The Morgan fingerprint density at radius 1 is 1.16 bits per heavy atom. The Labute approximate surface area is 151 Å². The van der Waals surface area contributed by atoms with Crippen LogP contribution in [0.5, 0.6) is 0 Å². The molecule has 0 saturated heterocycles. The fourth-order valence-electron chi connectivity index (χ4n) is 3.70. The van der Waals surface area contributed by atoms with Crippen LogP contribution in [0.3, 0.4) is 0 Å². The number of para-hydroxylation sites is 1. The summed E-state index contributed by atoms with van der Waals surface area (Å²) in [5, 5.41) is 2.93. The lowest BCUT2D eigenvalue weighted by Gasteiger charge is -2.36. The standard InChI is InChI=1S/C20H31N3O2/c1-15-8-7-9-16(2)19(15)22-17(24)13-23(3)18(25)12-20(14-21)10-5-4-6-11-20/h7-9H,4-6,10-14,21H2,1-3H3,(H,22,24). The summed E-state index contributed by atoms with van der Waals surface area (Å²) < 4.78 is 0. The van der Waals surface area contributed by atoms with E-state index in [2.05, 4.69) is 5.32 Å². The van der Waals surface area contributed by atoms with Gasteiger partial charge in [0.15, 0.2) is 0 Å². The molecule has 1 aromatic carbocycles. The van der Waals surface area contributed by atoms with Crippen molar-refractivity contribution in [2.45, 2.75) is 52.4 Å². The quantitative estimate of drug-likeness (QED) is 0.832. The molecule has 25 heavy (non-hydrogen) atoms. The molecule has 1 aliphatic rings. The summed E-state index contributed by atoms with van der Waals surface area (Å²) in [6.45, 7) is 4.53. The maximum absolute atomic E-state index is 12.6. The molecule has 1 aromatic rings. The van der Waals surface area contributed by atoms with Crippen molar-refractivity contribution in [2.75, 3.05) is 25.5 Å². The first-order valence-corrected chi connectivity index (χ1v) is 9.17. The van der Waals surface area contributed by atoms with Gasteiger partial charge in [-0.3, -0.25) is 9.59 Å². The largest absolute Gasteiger partial charge is 0.336 e. The van der Waals surface area contributed by atoms with Gasteiger partial charge in [0.2, 0.25) is 11.8 Å². The summed E-state index contributed by atoms with van der Waals surface area (Å²) in [7, 11) is 1.69. The number of carbonyl (C=O) groups is 2. The van der Waals surface area contributed by atoms with Crippen molar-refractivity contribution in [1.29, 1.82) is 0 Å². The van der Waals surface area contributed by atoms with Crippen LogP contribution in [-0.4, -0.2) is 36.9 Å². The van der Waals surface area contributed by atoms with E-state index in [0.29, 0.717) is 13.0 Å². The summed E-state index contributed by atoms with van der Waals surface area (Å²) in [5.74, 6) is -0.164. The van der Waals surface area contributed by atoms with Crippen LogP contribution in [0.2, 0.25) is 0 Å². The third-order valence-electron chi connectivity index (χ3n) is 5.43. The van der Waals surface area contributed by atoms with Gasteiger partial charge in [-0.1, -0.05) is 37.5 Å². The van der Waals surface area contributed by atoms with Crippen LogP contribution in [-0.2, 0) is 9.59 Å². The third-order valence-corrected chi connectivity index (χ3v) is 5.43. The molecular formula is C20H31N3O2. The molecule has 2 rings (SSSR count). The number of carbonyl (C=O) groups excluding carboxylic acids is 2. The van der Waals surface area contributed by atoms with E-state index in [0.717, 1.165) is 42.5 Å². The van der Waals surface area contributed by atoms with Crippen LogP contribution in [0, 0.1) is 19.3 Å². The smallest absolute Gasteiger partial charge is 0.243 e. The average molecular weight is 345 g/mol. The number of nitrogens with two attached hydrogens (primary N) is 1. The monoisotopic (exact) mass is 345 g/mol. The van der Waals surface area contributed by atoms with E-state index in [9.17, 15) is 9.59 Å². The van der Waals surface area contributed by atoms with Crippen molar-refractivity contribution in [3.63, 3.8) is 0 Å². The predicted octanol–water partition coefficient (Wildman–Crippen LogP) is 3.00. The Morgan fingerprint density at radius 3 is 2.32 bits per heavy atom. The number of anilines is 1. The van der Waals surface area contributed by atoms with E-state index in [4.69, 9.17) is 5.73 Å². The second kappa shape index (κ2) is 8.48. The normalized spacial score (nSPS) is 16.3. The zero-order valence-corrected chi connectivity index (χ0v) is 15.7. The zero-order chi connectivity index (χ0) is 18.4. The Morgan fingerprint density at radius 2 is 1.76 bits per heavy atom. The highest BCUT2D eigenvalue weighted by Crippen LogP contribution is 2.38. The number of nitrogens with one attached hydrogen (secondary N) is 1.